The van der Waals surface area contributed by atoms with Crippen LogP contribution < -0.4 is 9.47 Å². The number of nitrogens with zero attached hydrogens (tertiary/aromatic N) is 1. The van der Waals surface area contributed by atoms with Gasteiger partial charge in [-0.1, -0.05) is 0 Å². The molecule has 0 saturated heterocycles. The van der Waals surface area contributed by atoms with E-state index in [0.29, 0.717) is 17.3 Å². The second-order valence-corrected chi connectivity index (χ2v) is 7.47. The Kier molecular flexibility index (Phi) is 8.68. The molecule has 0 saturated carbocycles. The van der Waals surface area contributed by atoms with Crippen LogP contribution in [0.3, 0.4) is 0 Å². The van der Waals surface area contributed by atoms with E-state index in [9.17, 15) is 13.2 Å². The van der Waals surface area contributed by atoms with E-state index in [0.717, 1.165) is 22.6 Å². The number of aliphatic hydroxyl groups excluding tert-OH is 1. The van der Waals surface area contributed by atoms with Crippen molar-refractivity contribution in [2.24, 2.45) is 5.92 Å². The number of hydrogen-bond acceptors (Lipinski definition) is 5. The molecule has 2 rings (SSSR count). The van der Waals surface area contributed by atoms with Gasteiger partial charge in [0.1, 0.15) is 18.1 Å². The van der Waals surface area contributed by atoms with Gasteiger partial charge in [0.15, 0.2) is 0 Å². The van der Waals surface area contributed by atoms with Crippen LogP contribution in [0.4, 0.5) is 13.2 Å². The number of ether oxygens (including phenoxy) is 2. The minimum atomic E-state index is -4.38. The lowest BCUT2D eigenvalue weighted by Crippen LogP contribution is -2.14. The maximum Gasteiger partial charge on any atom is 0.416 e. The summed E-state index contributed by atoms with van der Waals surface area (Å²) < 4.78 is 48.9. The Labute approximate surface area is 172 Å². The van der Waals surface area contributed by atoms with Crippen LogP contribution in [0.15, 0.2) is 47.4 Å². The fraction of sp³-hybridized carbons (Fsp3) is 0.381. The molecule has 29 heavy (non-hydrogen) atoms. The van der Waals surface area contributed by atoms with E-state index < -0.39 is 11.7 Å². The summed E-state index contributed by atoms with van der Waals surface area (Å²) >= 11 is 1.57. The molecule has 2 aromatic carbocycles. The zero-order valence-electron chi connectivity index (χ0n) is 15.9. The minimum Gasteiger partial charge on any atom is -0.493 e. The van der Waals surface area contributed by atoms with Gasteiger partial charge in [-0.2, -0.15) is 18.4 Å². The Bertz CT molecular complexity index is 819. The van der Waals surface area contributed by atoms with Crippen molar-refractivity contribution in [1.82, 2.24) is 0 Å². The molecule has 0 amide bonds. The van der Waals surface area contributed by atoms with Crippen molar-refractivity contribution in [3.05, 3.63) is 53.6 Å². The Morgan fingerprint density at radius 3 is 2.45 bits per heavy atom. The van der Waals surface area contributed by atoms with E-state index in [-0.39, 0.29) is 32.2 Å². The van der Waals surface area contributed by atoms with E-state index in [4.69, 9.17) is 19.8 Å². The zero-order chi connectivity index (χ0) is 21.3. The highest BCUT2D eigenvalue weighted by Crippen LogP contribution is 2.31. The summed E-state index contributed by atoms with van der Waals surface area (Å²) in [6.45, 7) is 2.34. The Morgan fingerprint density at radius 2 is 1.86 bits per heavy atom. The standard InChI is InChI=1S/C21H22F3NO3S/c1-15-12-19(6-7-20(15)27-11-10-26)29-14-16(8-9-25)13-28-18-4-2-17(3-5-18)21(22,23)24/h2-7,12,16,26H,8,10-11,13-14H2,1H3. The molecule has 0 aliphatic carbocycles. The van der Waals surface area contributed by atoms with Crippen molar-refractivity contribution >= 4 is 11.8 Å². The highest BCUT2D eigenvalue weighted by Gasteiger charge is 2.30. The minimum absolute atomic E-state index is 0.0509. The molecule has 1 unspecified atom stereocenters. The molecule has 8 heteroatoms. The predicted octanol–water partition coefficient (Wildman–Crippen LogP) is 5.09. The van der Waals surface area contributed by atoms with Gasteiger partial charge in [-0.3, -0.25) is 0 Å². The number of aryl methyl sites for hydroxylation is 1. The molecule has 156 valence electrons. The number of nitriles is 1. The van der Waals surface area contributed by atoms with Crippen LogP contribution in [0.2, 0.25) is 0 Å². The van der Waals surface area contributed by atoms with Gasteiger partial charge in [0, 0.05) is 23.0 Å². The van der Waals surface area contributed by atoms with E-state index in [2.05, 4.69) is 6.07 Å². The van der Waals surface area contributed by atoms with Crippen molar-refractivity contribution in [1.29, 1.82) is 5.26 Å². The van der Waals surface area contributed by atoms with Gasteiger partial charge >= 0.3 is 6.18 Å². The van der Waals surface area contributed by atoms with Crippen LogP contribution in [-0.2, 0) is 6.18 Å². The molecule has 4 nitrogen and oxygen atoms in total. The Balaban J connectivity index is 1.90. The van der Waals surface area contributed by atoms with Gasteiger partial charge in [-0.25, -0.2) is 0 Å². The second kappa shape index (κ2) is 11.0. The molecule has 1 N–H and O–H groups in total. The number of hydrogen-bond donors (Lipinski definition) is 1. The number of alkyl halides is 3. The fourth-order valence-electron chi connectivity index (χ4n) is 2.49. The molecule has 0 fully saturated rings. The third-order valence-electron chi connectivity index (χ3n) is 4.03. The van der Waals surface area contributed by atoms with Crippen LogP contribution in [0.25, 0.3) is 0 Å². The average molecular weight is 425 g/mol. The largest absolute Gasteiger partial charge is 0.493 e. The summed E-state index contributed by atoms with van der Waals surface area (Å²) in [7, 11) is 0. The van der Waals surface area contributed by atoms with Crippen LogP contribution in [0.5, 0.6) is 11.5 Å². The smallest absolute Gasteiger partial charge is 0.416 e. The summed E-state index contributed by atoms with van der Waals surface area (Å²) in [5, 5.41) is 17.9. The van der Waals surface area contributed by atoms with Crippen molar-refractivity contribution < 1.29 is 27.8 Å². The first-order chi connectivity index (χ1) is 13.8. The number of halogens is 3. The van der Waals surface area contributed by atoms with Gasteiger partial charge in [-0.15, -0.1) is 11.8 Å². The van der Waals surface area contributed by atoms with Crippen LogP contribution in [0.1, 0.15) is 17.5 Å². The molecule has 0 spiro atoms. The number of benzene rings is 2. The zero-order valence-corrected chi connectivity index (χ0v) is 16.7. The summed E-state index contributed by atoms with van der Waals surface area (Å²) in [4.78, 5) is 1.01. The SMILES string of the molecule is Cc1cc(SCC(CC#N)COc2ccc(C(F)(F)F)cc2)ccc1OCCO. The lowest BCUT2D eigenvalue weighted by molar-refractivity contribution is -0.137. The fourth-order valence-corrected chi connectivity index (χ4v) is 3.56. The Hall–Kier alpha value is -2.37. The second-order valence-electron chi connectivity index (χ2n) is 6.37. The Morgan fingerprint density at radius 1 is 1.14 bits per heavy atom. The van der Waals surface area contributed by atoms with Crippen molar-refractivity contribution in [2.75, 3.05) is 25.6 Å². The normalized spacial score (nSPS) is 12.3. The van der Waals surface area contributed by atoms with Gasteiger partial charge in [0.2, 0.25) is 0 Å². The first-order valence-electron chi connectivity index (χ1n) is 8.97. The van der Waals surface area contributed by atoms with E-state index in [1.807, 2.05) is 25.1 Å². The van der Waals surface area contributed by atoms with Gasteiger partial charge < -0.3 is 14.6 Å². The number of rotatable bonds is 10. The average Bonchev–Trinajstić information content (AvgIpc) is 2.69. The molecule has 0 aliphatic heterocycles. The lowest BCUT2D eigenvalue weighted by Gasteiger charge is -2.16. The highest BCUT2D eigenvalue weighted by molar-refractivity contribution is 7.99. The lowest BCUT2D eigenvalue weighted by atomic mass is 10.1. The van der Waals surface area contributed by atoms with Crippen LogP contribution in [-0.4, -0.2) is 30.7 Å². The predicted molar refractivity (Wildman–Crippen MR) is 105 cm³/mol. The molecule has 0 aromatic heterocycles. The molecule has 0 radical (unpaired) electrons. The van der Waals surface area contributed by atoms with Gasteiger partial charge in [0.25, 0.3) is 0 Å². The number of thioether (sulfide) groups is 1. The molecule has 0 heterocycles. The van der Waals surface area contributed by atoms with Gasteiger partial charge in [-0.05, 0) is 55.0 Å². The summed E-state index contributed by atoms with van der Waals surface area (Å²) in [6, 6.07) is 12.4. The van der Waals surface area contributed by atoms with E-state index in [1.54, 1.807) is 11.8 Å². The van der Waals surface area contributed by atoms with Crippen LogP contribution >= 0.6 is 11.8 Å². The molecule has 0 bridgehead atoms. The maximum atomic E-state index is 12.6. The molecule has 1 atom stereocenters. The van der Waals surface area contributed by atoms with Gasteiger partial charge in [0.05, 0.1) is 24.8 Å². The molecule has 2 aromatic rings. The van der Waals surface area contributed by atoms with Crippen molar-refractivity contribution in [3.8, 4) is 17.6 Å². The van der Waals surface area contributed by atoms with E-state index >= 15 is 0 Å². The van der Waals surface area contributed by atoms with Crippen molar-refractivity contribution in [3.63, 3.8) is 0 Å². The quantitative estimate of drug-likeness (QED) is 0.538. The molecule has 0 aliphatic rings. The topological polar surface area (TPSA) is 62.5 Å². The summed E-state index contributed by atoms with van der Waals surface area (Å²) in [5.74, 6) is 1.61. The molecular formula is C21H22F3NO3S. The summed E-state index contributed by atoms with van der Waals surface area (Å²) in [6.07, 6.45) is -4.10. The number of aliphatic hydroxyl groups is 1. The third kappa shape index (κ3) is 7.52. The molecular weight excluding hydrogens is 403 g/mol. The summed E-state index contributed by atoms with van der Waals surface area (Å²) in [5.41, 5.74) is 0.219. The first kappa shape index (κ1) is 22.9. The maximum absolute atomic E-state index is 12.6. The monoisotopic (exact) mass is 425 g/mol. The third-order valence-corrected chi connectivity index (χ3v) is 5.25. The first-order valence-corrected chi connectivity index (χ1v) is 9.96. The van der Waals surface area contributed by atoms with Crippen LogP contribution in [0, 0.1) is 24.2 Å². The highest BCUT2D eigenvalue weighted by atomic mass is 32.2. The van der Waals surface area contributed by atoms with Crippen molar-refractivity contribution in [2.45, 2.75) is 24.4 Å². The van der Waals surface area contributed by atoms with E-state index in [1.165, 1.54) is 12.1 Å².